The van der Waals surface area contributed by atoms with Crippen molar-refractivity contribution in [1.82, 2.24) is 4.90 Å². The number of hydrogen-bond acceptors (Lipinski definition) is 4. The van der Waals surface area contributed by atoms with Crippen LogP contribution in [0.1, 0.15) is 27.9 Å². The molecule has 0 unspecified atom stereocenters. The number of benzene rings is 2. The first-order chi connectivity index (χ1) is 14.4. The van der Waals surface area contributed by atoms with Gasteiger partial charge in [0.05, 0.1) is 29.6 Å². The number of carbonyl (C=O) groups excluding carboxylic acids is 2. The van der Waals surface area contributed by atoms with Gasteiger partial charge >= 0.3 is 5.97 Å². The van der Waals surface area contributed by atoms with Gasteiger partial charge in [-0.1, -0.05) is 12.1 Å². The molecule has 7 heteroatoms. The molecule has 0 N–H and O–H groups in total. The molecule has 4 rings (SSSR count). The van der Waals surface area contributed by atoms with Crippen molar-refractivity contribution in [3.63, 3.8) is 0 Å². The van der Waals surface area contributed by atoms with E-state index < -0.39 is 23.4 Å². The summed E-state index contributed by atoms with van der Waals surface area (Å²) in [6.45, 7) is 0.270. The monoisotopic (exact) mass is 411 g/mol. The Bertz CT molecular complexity index is 1160. The highest BCUT2D eigenvalue weighted by atomic mass is 19.1. The lowest BCUT2D eigenvalue weighted by Gasteiger charge is -2.35. The summed E-state index contributed by atoms with van der Waals surface area (Å²) >= 11 is 0. The van der Waals surface area contributed by atoms with Crippen molar-refractivity contribution in [2.24, 2.45) is 0 Å². The first kappa shape index (κ1) is 19.7. The van der Waals surface area contributed by atoms with Crippen LogP contribution in [0, 0.1) is 17.5 Å². The Morgan fingerprint density at radius 2 is 1.77 bits per heavy atom. The van der Waals surface area contributed by atoms with E-state index in [1.807, 2.05) is 0 Å². The Kier molecular flexibility index (Phi) is 5.03. The Morgan fingerprint density at radius 1 is 1.03 bits per heavy atom. The van der Waals surface area contributed by atoms with E-state index in [-0.39, 0.29) is 41.0 Å². The van der Waals surface area contributed by atoms with Crippen LogP contribution in [0.4, 0.5) is 13.2 Å². The molecule has 0 spiro atoms. The van der Waals surface area contributed by atoms with Crippen LogP contribution in [0.15, 0.2) is 60.3 Å². The maximum atomic E-state index is 14.8. The molecule has 152 valence electrons. The number of hydrogen-bond donors (Lipinski definition) is 0. The van der Waals surface area contributed by atoms with Crippen molar-refractivity contribution in [2.45, 2.75) is 6.42 Å². The summed E-state index contributed by atoms with van der Waals surface area (Å²) in [4.78, 5) is 26.1. The predicted molar refractivity (Wildman–Crippen MR) is 104 cm³/mol. The molecule has 2 aliphatic rings. The van der Waals surface area contributed by atoms with Gasteiger partial charge in [0.1, 0.15) is 17.5 Å². The van der Waals surface area contributed by atoms with Gasteiger partial charge in [-0.3, -0.25) is 4.79 Å². The van der Waals surface area contributed by atoms with Crippen LogP contribution in [0.25, 0.3) is 11.3 Å². The zero-order valence-electron chi connectivity index (χ0n) is 15.9. The first-order valence-electron chi connectivity index (χ1n) is 9.17. The van der Waals surface area contributed by atoms with E-state index in [9.17, 15) is 22.8 Å². The Balaban J connectivity index is 1.82. The third-order valence-corrected chi connectivity index (χ3v) is 5.05. The maximum Gasteiger partial charge on any atom is 0.337 e. The molecule has 0 saturated carbocycles. The fourth-order valence-electron chi connectivity index (χ4n) is 3.66. The Labute approximate surface area is 170 Å². The molecule has 0 amide bonds. The van der Waals surface area contributed by atoms with Crippen molar-refractivity contribution in [3.8, 4) is 0 Å². The number of ketones is 1. The lowest BCUT2D eigenvalue weighted by molar-refractivity contribution is -0.114. The standard InChI is InChI=1S/C23H16F3NO3/c1-30-23(29)13-5-7-16(17(25)11-13)22-20-4-2-3-19(27(20)10-9-21(22)28)15-8-6-14(24)12-18(15)26/h2-8,11-12H,9-10H2,1H3. The molecule has 2 heterocycles. The fraction of sp³-hybridized carbons (Fsp3) is 0.130. The SMILES string of the molecule is COC(=O)c1ccc(C2=C3C=CC=C(c4ccc(F)cc4F)N3CCC2=O)c(F)c1. The second-order valence-electron chi connectivity index (χ2n) is 6.81. The molecule has 2 aromatic rings. The van der Waals surface area contributed by atoms with E-state index in [4.69, 9.17) is 0 Å². The molecule has 0 bridgehead atoms. The maximum absolute atomic E-state index is 14.8. The summed E-state index contributed by atoms with van der Waals surface area (Å²) in [5.74, 6) is -3.13. The molecule has 0 fully saturated rings. The summed E-state index contributed by atoms with van der Waals surface area (Å²) in [6, 6.07) is 7.03. The van der Waals surface area contributed by atoms with E-state index >= 15 is 0 Å². The lowest BCUT2D eigenvalue weighted by Crippen LogP contribution is -2.32. The molecule has 30 heavy (non-hydrogen) atoms. The minimum atomic E-state index is -0.743. The summed E-state index contributed by atoms with van der Waals surface area (Å²) in [6.07, 6.45) is 5.02. The molecule has 4 nitrogen and oxygen atoms in total. The van der Waals surface area contributed by atoms with Crippen molar-refractivity contribution in [2.75, 3.05) is 13.7 Å². The van der Waals surface area contributed by atoms with Gasteiger partial charge in [0.2, 0.25) is 0 Å². The minimum absolute atomic E-state index is 0.0256. The zero-order chi connectivity index (χ0) is 21.4. The Hall–Kier alpha value is -3.61. The third-order valence-electron chi connectivity index (χ3n) is 5.05. The van der Waals surface area contributed by atoms with Gasteiger partial charge in [-0.15, -0.1) is 0 Å². The van der Waals surface area contributed by atoms with Gasteiger partial charge in [0.15, 0.2) is 5.78 Å². The van der Waals surface area contributed by atoms with E-state index in [1.54, 1.807) is 23.1 Å². The molecule has 2 aliphatic heterocycles. The highest BCUT2D eigenvalue weighted by Gasteiger charge is 2.31. The van der Waals surface area contributed by atoms with Crippen LogP contribution in [0.2, 0.25) is 0 Å². The van der Waals surface area contributed by atoms with Gasteiger partial charge in [0, 0.05) is 30.2 Å². The largest absolute Gasteiger partial charge is 0.465 e. The van der Waals surface area contributed by atoms with E-state index in [2.05, 4.69) is 4.74 Å². The molecular formula is C23H16F3NO3. The number of fused-ring (bicyclic) bond motifs is 1. The molecule has 0 radical (unpaired) electrons. The van der Waals surface area contributed by atoms with Crippen molar-refractivity contribution in [3.05, 3.63) is 94.5 Å². The molecule has 0 atom stereocenters. The van der Waals surface area contributed by atoms with Gasteiger partial charge < -0.3 is 9.64 Å². The number of esters is 1. The number of methoxy groups -OCH3 is 1. The average Bonchev–Trinajstić information content (AvgIpc) is 2.73. The number of allylic oxidation sites excluding steroid dienone is 4. The predicted octanol–water partition coefficient (Wildman–Crippen LogP) is 4.49. The van der Waals surface area contributed by atoms with Crippen LogP contribution in [0.5, 0.6) is 0 Å². The summed E-state index contributed by atoms with van der Waals surface area (Å²) in [5, 5.41) is 0. The van der Waals surface area contributed by atoms with Crippen LogP contribution in [-0.4, -0.2) is 30.3 Å². The van der Waals surface area contributed by atoms with Crippen molar-refractivity contribution < 1.29 is 27.5 Å². The van der Waals surface area contributed by atoms with E-state index in [0.29, 0.717) is 11.4 Å². The van der Waals surface area contributed by atoms with Crippen LogP contribution in [0.3, 0.4) is 0 Å². The topological polar surface area (TPSA) is 46.6 Å². The van der Waals surface area contributed by atoms with E-state index in [1.165, 1.54) is 25.3 Å². The van der Waals surface area contributed by atoms with Crippen molar-refractivity contribution in [1.29, 1.82) is 0 Å². The highest BCUT2D eigenvalue weighted by Crippen LogP contribution is 2.38. The highest BCUT2D eigenvalue weighted by molar-refractivity contribution is 6.23. The van der Waals surface area contributed by atoms with Gasteiger partial charge in [-0.2, -0.15) is 0 Å². The number of Topliss-reactive ketones (excluding diaryl/α,β-unsaturated/α-hetero) is 1. The second kappa shape index (κ2) is 7.67. The molecule has 0 saturated heterocycles. The number of carbonyl (C=O) groups is 2. The smallest absolute Gasteiger partial charge is 0.337 e. The number of rotatable bonds is 3. The fourth-order valence-corrected chi connectivity index (χ4v) is 3.66. The van der Waals surface area contributed by atoms with Gasteiger partial charge in [0.25, 0.3) is 0 Å². The summed E-state index contributed by atoms with van der Waals surface area (Å²) in [5.41, 5.74) is 1.24. The molecular weight excluding hydrogens is 395 g/mol. The summed E-state index contributed by atoms with van der Waals surface area (Å²) in [7, 11) is 1.19. The number of halogens is 3. The van der Waals surface area contributed by atoms with Crippen molar-refractivity contribution >= 4 is 23.0 Å². The second-order valence-corrected chi connectivity index (χ2v) is 6.81. The molecule has 0 aromatic heterocycles. The lowest BCUT2D eigenvalue weighted by atomic mass is 9.90. The molecule has 2 aromatic carbocycles. The van der Waals surface area contributed by atoms with E-state index in [0.717, 1.165) is 18.2 Å². The quantitative estimate of drug-likeness (QED) is 0.699. The number of nitrogens with zero attached hydrogens (tertiary/aromatic N) is 1. The third kappa shape index (κ3) is 3.32. The van der Waals surface area contributed by atoms with Crippen LogP contribution >= 0.6 is 0 Å². The normalized spacial score (nSPS) is 15.8. The van der Waals surface area contributed by atoms with Gasteiger partial charge in [-0.25, -0.2) is 18.0 Å². The van der Waals surface area contributed by atoms with Crippen LogP contribution < -0.4 is 0 Å². The van der Waals surface area contributed by atoms with Gasteiger partial charge in [-0.05, 0) is 36.4 Å². The van der Waals surface area contributed by atoms with Crippen LogP contribution in [-0.2, 0) is 9.53 Å². The molecule has 0 aliphatic carbocycles. The summed E-state index contributed by atoms with van der Waals surface area (Å²) < 4.78 is 47.1. The first-order valence-corrected chi connectivity index (χ1v) is 9.17. The minimum Gasteiger partial charge on any atom is -0.465 e. The Morgan fingerprint density at radius 3 is 2.47 bits per heavy atom. The average molecular weight is 411 g/mol. The zero-order valence-corrected chi connectivity index (χ0v) is 15.9. The number of ether oxygens (including phenoxy) is 1.